The Balaban J connectivity index is 2.42. The predicted molar refractivity (Wildman–Crippen MR) is 68.8 cm³/mol. The molecule has 0 aromatic rings. The first-order valence-corrected chi connectivity index (χ1v) is 6.78. The molecule has 0 aliphatic heterocycles. The third-order valence-electron chi connectivity index (χ3n) is 3.44. The lowest BCUT2D eigenvalue weighted by Crippen LogP contribution is -2.44. The van der Waals surface area contributed by atoms with Crippen LogP contribution in [0.2, 0.25) is 0 Å². The van der Waals surface area contributed by atoms with Crippen LogP contribution in [0.5, 0.6) is 0 Å². The van der Waals surface area contributed by atoms with Crippen LogP contribution < -0.4 is 5.73 Å². The Kier molecular flexibility index (Phi) is 7.21. The van der Waals surface area contributed by atoms with Gasteiger partial charge < -0.3 is 15.4 Å². The van der Waals surface area contributed by atoms with Crippen LogP contribution in [0, 0.1) is 0 Å². The lowest BCUT2D eigenvalue weighted by molar-refractivity contribution is -0.134. The Morgan fingerprint density at radius 3 is 2.65 bits per heavy atom. The van der Waals surface area contributed by atoms with Crippen molar-refractivity contribution in [2.45, 2.75) is 51.0 Å². The number of hydrogen-bond acceptors (Lipinski definition) is 3. The van der Waals surface area contributed by atoms with E-state index in [1.807, 2.05) is 4.90 Å². The summed E-state index contributed by atoms with van der Waals surface area (Å²) in [5.41, 5.74) is 5.61. The van der Waals surface area contributed by atoms with Gasteiger partial charge in [-0.2, -0.15) is 0 Å². The summed E-state index contributed by atoms with van der Waals surface area (Å²) < 4.78 is 4.98. The molecule has 1 fully saturated rings. The Bertz CT molecular complexity index is 215. The van der Waals surface area contributed by atoms with Gasteiger partial charge in [0.15, 0.2) is 0 Å². The SMILES string of the molecule is COCCCC(=O)N(CCN)C1CCCCC1. The lowest BCUT2D eigenvalue weighted by atomic mass is 9.94. The normalized spacial score (nSPS) is 17.1. The van der Waals surface area contributed by atoms with E-state index in [0.717, 1.165) is 19.3 Å². The first-order chi connectivity index (χ1) is 8.29. The van der Waals surface area contributed by atoms with Gasteiger partial charge in [-0.05, 0) is 19.3 Å². The van der Waals surface area contributed by atoms with E-state index >= 15 is 0 Å². The van der Waals surface area contributed by atoms with E-state index in [1.165, 1.54) is 19.3 Å². The highest BCUT2D eigenvalue weighted by molar-refractivity contribution is 5.76. The highest BCUT2D eigenvalue weighted by Gasteiger charge is 2.24. The van der Waals surface area contributed by atoms with Gasteiger partial charge in [0.1, 0.15) is 0 Å². The number of ether oxygens (including phenoxy) is 1. The molecule has 2 N–H and O–H groups in total. The summed E-state index contributed by atoms with van der Waals surface area (Å²) in [5, 5.41) is 0. The summed E-state index contributed by atoms with van der Waals surface area (Å²) in [6, 6.07) is 0.433. The number of nitrogens with two attached hydrogens (primary N) is 1. The van der Waals surface area contributed by atoms with Crippen LogP contribution in [0.4, 0.5) is 0 Å². The van der Waals surface area contributed by atoms with E-state index in [-0.39, 0.29) is 5.91 Å². The zero-order valence-electron chi connectivity index (χ0n) is 11.0. The first-order valence-electron chi connectivity index (χ1n) is 6.78. The van der Waals surface area contributed by atoms with Gasteiger partial charge in [-0.15, -0.1) is 0 Å². The van der Waals surface area contributed by atoms with E-state index in [9.17, 15) is 4.79 Å². The van der Waals surface area contributed by atoms with Crippen molar-refractivity contribution < 1.29 is 9.53 Å². The standard InChI is InChI=1S/C13H26N2O2/c1-17-11-5-8-13(16)15(10-9-14)12-6-3-2-4-7-12/h12H,2-11,14H2,1H3. The number of rotatable bonds is 7. The number of amides is 1. The molecule has 1 aliphatic rings. The second-order valence-electron chi connectivity index (χ2n) is 4.76. The Labute approximate surface area is 104 Å². The second-order valence-corrected chi connectivity index (χ2v) is 4.76. The molecule has 0 aromatic heterocycles. The number of carbonyl (C=O) groups is 1. The number of methoxy groups -OCH3 is 1. The third-order valence-corrected chi connectivity index (χ3v) is 3.44. The molecule has 0 saturated heterocycles. The predicted octanol–water partition coefficient (Wildman–Crippen LogP) is 1.53. The number of nitrogens with zero attached hydrogens (tertiary/aromatic N) is 1. The molecule has 1 rings (SSSR count). The summed E-state index contributed by atoms with van der Waals surface area (Å²) in [7, 11) is 1.67. The van der Waals surface area contributed by atoms with Crippen LogP contribution in [0.1, 0.15) is 44.9 Å². The van der Waals surface area contributed by atoms with Crippen LogP contribution in [-0.2, 0) is 9.53 Å². The molecule has 0 atom stereocenters. The van der Waals surface area contributed by atoms with E-state index in [0.29, 0.717) is 32.2 Å². The lowest BCUT2D eigenvalue weighted by Gasteiger charge is -2.34. The molecule has 0 radical (unpaired) electrons. The third kappa shape index (κ3) is 5.04. The summed E-state index contributed by atoms with van der Waals surface area (Å²) in [4.78, 5) is 14.1. The van der Waals surface area contributed by atoms with Gasteiger partial charge in [0, 0.05) is 39.3 Å². The molecule has 100 valence electrons. The average Bonchev–Trinajstić information content (AvgIpc) is 2.37. The second kappa shape index (κ2) is 8.48. The molecule has 0 spiro atoms. The van der Waals surface area contributed by atoms with Crippen molar-refractivity contribution >= 4 is 5.91 Å². The molecule has 0 heterocycles. The van der Waals surface area contributed by atoms with Gasteiger partial charge in [0.2, 0.25) is 5.91 Å². The summed E-state index contributed by atoms with van der Waals surface area (Å²) in [5.74, 6) is 0.249. The first kappa shape index (κ1) is 14.5. The molecular formula is C13H26N2O2. The highest BCUT2D eigenvalue weighted by Crippen LogP contribution is 2.23. The van der Waals surface area contributed by atoms with Crippen LogP contribution >= 0.6 is 0 Å². The molecule has 0 bridgehead atoms. The van der Waals surface area contributed by atoms with Gasteiger partial charge in [-0.1, -0.05) is 19.3 Å². The minimum absolute atomic E-state index is 0.249. The van der Waals surface area contributed by atoms with Crippen LogP contribution in [0.25, 0.3) is 0 Å². The van der Waals surface area contributed by atoms with Crippen molar-refractivity contribution in [3.05, 3.63) is 0 Å². The zero-order valence-corrected chi connectivity index (χ0v) is 11.0. The largest absolute Gasteiger partial charge is 0.385 e. The maximum absolute atomic E-state index is 12.1. The van der Waals surface area contributed by atoms with Crippen LogP contribution in [0.3, 0.4) is 0 Å². The molecule has 4 nitrogen and oxygen atoms in total. The van der Waals surface area contributed by atoms with Gasteiger partial charge >= 0.3 is 0 Å². The Morgan fingerprint density at radius 1 is 1.35 bits per heavy atom. The topological polar surface area (TPSA) is 55.6 Å². The van der Waals surface area contributed by atoms with Gasteiger partial charge in [-0.3, -0.25) is 4.79 Å². The van der Waals surface area contributed by atoms with Crippen LogP contribution in [-0.4, -0.2) is 43.7 Å². The Hall–Kier alpha value is -0.610. The zero-order chi connectivity index (χ0) is 12.5. The van der Waals surface area contributed by atoms with E-state index < -0.39 is 0 Å². The summed E-state index contributed by atoms with van der Waals surface area (Å²) in [6.45, 7) is 1.93. The van der Waals surface area contributed by atoms with Gasteiger partial charge in [0.25, 0.3) is 0 Å². The molecule has 17 heavy (non-hydrogen) atoms. The van der Waals surface area contributed by atoms with Crippen molar-refractivity contribution in [2.75, 3.05) is 26.8 Å². The summed E-state index contributed by atoms with van der Waals surface area (Å²) >= 11 is 0. The highest BCUT2D eigenvalue weighted by atomic mass is 16.5. The van der Waals surface area contributed by atoms with Crippen molar-refractivity contribution in [1.82, 2.24) is 4.90 Å². The van der Waals surface area contributed by atoms with Crippen LogP contribution in [0.15, 0.2) is 0 Å². The minimum atomic E-state index is 0.249. The van der Waals surface area contributed by atoms with E-state index in [1.54, 1.807) is 7.11 Å². The fraction of sp³-hybridized carbons (Fsp3) is 0.923. The smallest absolute Gasteiger partial charge is 0.222 e. The fourth-order valence-corrected chi connectivity index (χ4v) is 2.55. The van der Waals surface area contributed by atoms with Crippen molar-refractivity contribution in [3.8, 4) is 0 Å². The molecule has 4 heteroatoms. The molecule has 0 aromatic carbocycles. The monoisotopic (exact) mass is 242 g/mol. The van der Waals surface area contributed by atoms with Crippen molar-refractivity contribution in [2.24, 2.45) is 5.73 Å². The quantitative estimate of drug-likeness (QED) is 0.689. The fourth-order valence-electron chi connectivity index (χ4n) is 2.55. The number of carbonyl (C=O) groups excluding carboxylic acids is 1. The summed E-state index contributed by atoms with van der Waals surface area (Å²) in [6.07, 6.45) is 7.50. The van der Waals surface area contributed by atoms with E-state index in [2.05, 4.69) is 0 Å². The molecular weight excluding hydrogens is 216 g/mol. The van der Waals surface area contributed by atoms with Crippen molar-refractivity contribution in [3.63, 3.8) is 0 Å². The van der Waals surface area contributed by atoms with Crippen molar-refractivity contribution in [1.29, 1.82) is 0 Å². The molecule has 1 saturated carbocycles. The number of hydrogen-bond donors (Lipinski definition) is 1. The average molecular weight is 242 g/mol. The minimum Gasteiger partial charge on any atom is -0.385 e. The van der Waals surface area contributed by atoms with Gasteiger partial charge in [0.05, 0.1) is 0 Å². The molecule has 1 aliphatic carbocycles. The maximum atomic E-state index is 12.1. The van der Waals surface area contributed by atoms with Gasteiger partial charge in [-0.25, -0.2) is 0 Å². The maximum Gasteiger partial charge on any atom is 0.222 e. The molecule has 1 amide bonds. The molecule has 0 unspecified atom stereocenters. The Morgan fingerprint density at radius 2 is 2.06 bits per heavy atom. The van der Waals surface area contributed by atoms with E-state index in [4.69, 9.17) is 10.5 Å².